The molecule has 4 unspecified atom stereocenters. The van der Waals surface area contributed by atoms with Gasteiger partial charge in [-0.3, -0.25) is 19.2 Å². The van der Waals surface area contributed by atoms with E-state index in [9.17, 15) is 19.2 Å². The fourth-order valence-electron chi connectivity index (χ4n) is 1.66. The van der Waals surface area contributed by atoms with E-state index in [4.69, 9.17) is 20.4 Å². The molecule has 0 aliphatic rings. The van der Waals surface area contributed by atoms with Gasteiger partial charge in [0.15, 0.2) is 0 Å². The summed E-state index contributed by atoms with van der Waals surface area (Å²) in [6.07, 6.45) is -0.787. The molecular weight excluding hydrogens is 459 g/mol. The van der Waals surface area contributed by atoms with E-state index >= 15 is 0 Å². The smallest absolute Gasteiger partial charge is 0.132 e. The summed E-state index contributed by atoms with van der Waals surface area (Å²) < 4.78 is 0. The molecule has 0 spiro atoms. The molecule has 0 fully saturated rings. The van der Waals surface area contributed by atoms with Crippen molar-refractivity contribution in [2.75, 3.05) is 0 Å². The first-order chi connectivity index (χ1) is 12.5. The van der Waals surface area contributed by atoms with Gasteiger partial charge in [0.25, 0.3) is 0 Å². The number of carbonyl (C=O) groups is 4. The zero-order chi connectivity index (χ0) is 23.4. The summed E-state index contributed by atoms with van der Waals surface area (Å²) in [7, 11) is 0. The third-order valence-corrected chi connectivity index (χ3v) is 2.33. The molecule has 0 aromatic carbocycles. The van der Waals surface area contributed by atoms with Gasteiger partial charge in [0, 0.05) is 51.9 Å². The molecule has 4 N–H and O–H groups in total. The third-order valence-electron chi connectivity index (χ3n) is 2.33. The van der Waals surface area contributed by atoms with Crippen LogP contribution in [-0.2, 0) is 45.4 Å². The Kier molecular flexibility index (Phi) is 34.2. The Morgan fingerprint density at radius 2 is 0.586 bits per heavy atom. The monoisotopic (exact) mass is 498 g/mol. The van der Waals surface area contributed by atoms with E-state index in [1.165, 1.54) is 27.7 Å². The number of rotatable bonds is 8. The summed E-state index contributed by atoms with van der Waals surface area (Å²) in [5, 5.41) is 34.0. The number of aliphatic hydroxyl groups excluding tert-OH is 4. The van der Waals surface area contributed by atoms with Crippen LogP contribution < -0.4 is 0 Å². The number of Topliss-reactive ketones (excluding diaryl/α,β-unsaturated/α-hetero) is 4. The van der Waals surface area contributed by atoms with Crippen molar-refractivity contribution in [3.05, 3.63) is 0 Å². The molecule has 172 valence electrons. The van der Waals surface area contributed by atoms with E-state index in [-0.39, 0.29) is 75.0 Å². The molecule has 0 bridgehead atoms. The molecule has 0 aliphatic heterocycles. The van der Waals surface area contributed by atoms with Gasteiger partial charge in [-0.25, -0.2) is 0 Å². The van der Waals surface area contributed by atoms with Gasteiger partial charge in [-0.15, -0.1) is 0 Å². The van der Waals surface area contributed by atoms with E-state index in [0.29, 0.717) is 0 Å². The Morgan fingerprint density at radius 1 is 0.483 bits per heavy atom. The molecule has 29 heavy (non-hydrogen) atoms. The number of hydrogen-bond donors (Lipinski definition) is 4. The molecule has 8 nitrogen and oxygen atoms in total. The second kappa shape index (κ2) is 25.4. The predicted octanol–water partition coefficient (Wildman–Crippen LogP) is 1.38. The molecule has 0 saturated carbocycles. The summed E-state index contributed by atoms with van der Waals surface area (Å²) in [6.45, 7) is 12.3. The van der Waals surface area contributed by atoms with Crippen LogP contribution in [-0.4, -0.2) is 68.0 Å². The Labute approximate surface area is 194 Å². The fourth-order valence-corrected chi connectivity index (χ4v) is 1.66. The maximum Gasteiger partial charge on any atom is 0.132 e. The van der Waals surface area contributed by atoms with Crippen molar-refractivity contribution in [2.24, 2.45) is 0 Å². The van der Waals surface area contributed by atoms with E-state index in [1.807, 2.05) is 0 Å². The second-order valence-corrected chi connectivity index (χ2v) is 7.02. The Hall–Kier alpha value is -0.597. The minimum atomic E-state index is -0.475. The predicted molar refractivity (Wildman–Crippen MR) is 108 cm³/mol. The van der Waals surface area contributed by atoms with Gasteiger partial charge in [0.2, 0.25) is 0 Å². The van der Waals surface area contributed by atoms with Crippen LogP contribution in [0.2, 0.25) is 0 Å². The molecule has 9 heteroatoms. The van der Waals surface area contributed by atoms with Crippen molar-refractivity contribution in [1.29, 1.82) is 0 Å². The van der Waals surface area contributed by atoms with Crippen molar-refractivity contribution in [3.63, 3.8) is 0 Å². The molecule has 0 aromatic rings. The first-order valence-corrected chi connectivity index (χ1v) is 9.21. The summed E-state index contributed by atoms with van der Waals surface area (Å²) in [5.41, 5.74) is 0. The topological polar surface area (TPSA) is 149 Å². The minimum absolute atomic E-state index is 0. The van der Waals surface area contributed by atoms with Gasteiger partial charge in [0.1, 0.15) is 23.1 Å². The quantitative estimate of drug-likeness (QED) is 0.391. The van der Waals surface area contributed by atoms with Crippen molar-refractivity contribution < 1.29 is 65.8 Å². The zero-order valence-electron chi connectivity index (χ0n) is 19.1. The van der Waals surface area contributed by atoms with Crippen LogP contribution in [0.4, 0.5) is 0 Å². The van der Waals surface area contributed by atoms with Gasteiger partial charge in [-0.05, 0) is 55.4 Å². The molecular formula is C20H40O8Zr. The van der Waals surface area contributed by atoms with Gasteiger partial charge >= 0.3 is 0 Å². The fraction of sp³-hybridized carbons (Fsp3) is 0.800. The molecule has 0 heterocycles. The molecule has 0 aliphatic carbocycles. The average molecular weight is 500 g/mol. The van der Waals surface area contributed by atoms with Crippen LogP contribution in [0.15, 0.2) is 0 Å². The van der Waals surface area contributed by atoms with E-state index in [0.717, 1.165) is 0 Å². The zero-order valence-corrected chi connectivity index (χ0v) is 21.5. The summed E-state index contributed by atoms with van der Waals surface area (Å²) in [4.78, 5) is 40.4. The standard InChI is InChI=1S/4C5H10O2.Zr/c4*1-4(6)3-5(2)7;/h4*4,6H,3H2,1-2H3;. The summed E-state index contributed by atoms with van der Waals surface area (Å²) >= 11 is 0. The minimum Gasteiger partial charge on any atom is -0.393 e. The van der Waals surface area contributed by atoms with E-state index in [1.54, 1.807) is 27.7 Å². The van der Waals surface area contributed by atoms with Crippen LogP contribution in [0.5, 0.6) is 0 Å². The molecule has 0 aromatic heterocycles. The normalized spacial score (nSPS) is 13.1. The van der Waals surface area contributed by atoms with Crippen molar-refractivity contribution in [2.45, 2.75) is 105 Å². The third kappa shape index (κ3) is 74.5. The van der Waals surface area contributed by atoms with Crippen LogP contribution in [0.3, 0.4) is 0 Å². The summed E-state index contributed by atoms with van der Waals surface area (Å²) in [6, 6.07) is 0. The maximum absolute atomic E-state index is 10.1. The number of hydrogen-bond acceptors (Lipinski definition) is 8. The van der Waals surface area contributed by atoms with Crippen LogP contribution in [0.25, 0.3) is 0 Å². The van der Waals surface area contributed by atoms with Crippen LogP contribution >= 0.6 is 0 Å². The van der Waals surface area contributed by atoms with Gasteiger partial charge < -0.3 is 20.4 Å². The number of aliphatic hydroxyl groups is 4. The van der Waals surface area contributed by atoms with Crippen molar-refractivity contribution in [1.82, 2.24) is 0 Å². The Morgan fingerprint density at radius 3 is 0.586 bits per heavy atom. The van der Waals surface area contributed by atoms with Crippen molar-refractivity contribution >= 4 is 23.1 Å². The first-order valence-electron chi connectivity index (χ1n) is 9.21. The van der Waals surface area contributed by atoms with Crippen LogP contribution in [0.1, 0.15) is 81.1 Å². The molecule has 0 rings (SSSR count). The molecule has 0 amide bonds. The molecule has 4 atom stereocenters. The van der Waals surface area contributed by atoms with Gasteiger partial charge in [-0.2, -0.15) is 0 Å². The van der Waals surface area contributed by atoms with Gasteiger partial charge in [-0.1, -0.05) is 0 Å². The van der Waals surface area contributed by atoms with Crippen molar-refractivity contribution in [3.8, 4) is 0 Å². The van der Waals surface area contributed by atoms with E-state index in [2.05, 4.69) is 0 Å². The van der Waals surface area contributed by atoms with Crippen LogP contribution in [0, 0.1) is 0 Å². The van der Waals surface area contributed by atoms with E-state index < -0.39 is 24.4 Å². The second-order valence-electron chi connectivity index (χ2n) is 7.02. The first kappa shape index (κ1) is 38.9. The number of ketones is 4. The average Bonchev–Trinajstić information content (AvgIpc) is 2.32. The molecule has 0 radical (unpaired) electrons. The SMILES string of the molecule is CC(=O)CC(C)O.CC(=O)CC(C)O.CC(=O)CC(C)O.CC(=O)CC(C)O.[Zr]. The van der Waals surface area contributed by atoms with Gasteiger partial charge in [0.05, 0.1) is 24.4 Å². The Balaban J connectivity index is -0.0000000873. The number of carbonyl (C=O) groups excluding carboxylic acids is 4. The largest absolute Gasteiger partial charge is 0.393 e. The molecule has 0 saturated heterocycles. The Bertz CT molecular complexity index is 352. The maximum atomic E-state index is 10.1. The summed E-state index contributed by atoms with van der Waals surface area (Å²) in [5.74, 6) is 0.148.